The standard InChI is InChI=1S/C12H16BrFN2O2/c1-16(6-7-17)12(18)15-5-4-9-8-10(13)2-3-11(9)14/h2-3,8,17H,4-7H2,1H3,(H,15,18). The molecule has 0 spiro atoms. The van der Waals surface area contributed by atoms with Gasteiger partial charge in [0.25, 0.3) is 0 Å². The van der Waals surface area contributed by atoms with E-state index >= 15 is 0 Å². The van der Waals surface area contributed by atoms with Crippen LogP contribution in [0.15, 0.2) is 22.7 Å². The molecule has 18 heavy (non-hydrogen) atoms. The molecule has 100 valence electrons. The van der Waals surface area contributed by atoms with Crippen LogP contribution in [0.1, 0.15) is 5.56 Å². The number of hydrogen-bond donors (Lipinski definition) is 2. The average Bonchev–Trinajstić information content (AvgIpc) is 2.33. The molecule has 0 unspecified atom stereocenters. The topological polar surface area (TPSA) is 52.6 Å². The van der Waals surface area contributed by atoms with Gasteiger partial charge in [0.2, 0.25) is 0 Å². The van der Waals surface area contributed by atoms with E-state index in [1.807, 2.05) is 0 Å². The summed E-state index contributed by atoms with van der Waals surface area (Å²) < 4.78 is 14.2. The highest BCUT2D eigenvalue weighted by atomic mass is 79.9. The minimum absolute atomic E-state index is 0.0792. The molecule has 0 bridgehead atoms. The van der Waals surface area contributed by atoms with Crippen molar-refractivity contribution in [2.24, 2.45) is 0 Å². The minimum Gasteiger partial charge on any atom is -0.395 e. The maximum absolute atomic E-state index is 13.4. The van der Waals surface area contributed by atoms with Gasteiger partial charge in [0, 0.05) is 24.6 Å². The molecule has 0 saturated heterocycles. The van der Waals surface area contributed by atoms with Crippen LogP contribution in [-0.4, -0.2) is 42.8 Å². The second-order valence-electron chi connectivity index (χ2n) is 3.86. The molecule has 0 aliphatic carbocycles. The van der Waals surface area contributed by atoms with E-state index in [9.17, 15) is 9.18 Å². The molecule has 0 aliphatic rings. The summed E-state index contributed by atoms with van der Waals surface area (Å²) in [6, 6.07) is 4.43. The van der Waals surface area contributed by atoms with Gasteiger partial charge in [0.1, 0.15) is 5.82 Å². The number of hydrogen-bond acceptors (Lipinski definition) is 2. The Morgan fingerprint density at radius 2 is 2.28 bits per heavy atom. The summed E-state index contributed by atoms with van der Waals surface area (Å²) in [5, 5.41) is 11.3. The Hall–Kier alpha value is -1.14. The molecule has 0 heterocycles. The van der Waals surface area contributed by atoms with Crippen LogP contribution in [0.3, 0.4) is 0 Å². The van der Waals surface area contributed by atoms with Crippen molar-refractivity contribution in [2.45, 2.75) is 6.42 Å². The van der Waals surface area contributed by atoms with Gasteiger partial charge >= 0.3 is 6.03 Å². The lowest BCUT2D eigenvalue weighted by atomic mass is 10.1. The summed E-state index contributed by atoms with van der Waals surface area (Å²) in [6.45, 7) is 0.545. The number of rotatable bonds is 5. The van der Waals surface area contributed by atoms with E-state index in [2.05, 4.69) is 21.2 Å². The number of carbonyl (C=O) groups is 1. The SMILES string of the molecule is CN(CCO)C(=O)NCCc1cc(Br)ccc1F. The van der Waals surface area contributed by atoms with Gasteiger partial charge in [-0.2, -0.15) is 0 Å². The lowest BCUT2D eigenvalue weighted by Gasteiger charge is -2.16. The Bertz CT molecular complexity index is 415. The van der Waals surface area contributed by atoms with Gasteiger partial charge in [-0.1, -0.05) is 15.9 Å². The maximum Gasteiger partial charge on any atom is 0.317 e. The highest BCUT2D eigenvalue weighted by molar-refractivity contribution is 9.10. The zero-order valence-electron chi connectivity index (χ0n) is 10.1. The number of halogens is 2. The van der Waals surface area contributed by atoms with Crippen molar-refractivity contribution in [2.75, 3.05) is 26.7 Å². The van der Waals surface area contributed by atoms with Gasteiger partial charge in [-0.3, -0.25) is 0 Å². The Morgan fingerprint density at radius 1 is 1.56 bits per heavy atom. The molecule has 0 aromatic heterocycles. The lowest BCUT2D eigenvalue weighted by molar-refractivity contribution is 0.190. The third-order valence-electron chi connectivity index (χ3n) is 2.46. The zero-order valence-corrected chi connectivity index (χ0v) is 11.7. The predicted molar refractivity (Wildman–Crippen MR) is 70.9 cm³/mol. The van der Waals surface area contributed by atoms with Crippen LogP contribution in [0.2, 0.25) is 0 Å². The van der Waals surface area contributed by atoms with E-state index in [0.717, 1.165) is 4.47 Å². The first-order valence-electron chi connectivity index (χ1n) is 5.58. The number of urea groups is 1. The van der Waals surface area contributed by atoms with Crippen molar-refractivity contribution < 1.29 is 14.3 Å². The van der Waals surface area contributed by atoms with Crippen LogP contribution in [0.5, 0.6) is 0 Å². The molecule has 0 atom stereocenters. The number of amides is 2. The van der Waals surface area contributed by atoms with Gasteiger partial charge in [0.15, 0.2) is 0 Å². The summed E-state index contributed by atoms with van der Waals surface area (Å²) >= 11 is 3.27. The molecule has 1 aromatic rings. The molecule has 2 amide bonds. The Morgan fingerprint density at radius 3 is 2.94 bits per heavy atom. The predicted octanol–water partition coefficient (Wildman–Crippen LogP) is 1.76. The maximum atomic E-state index is 13.4. The molecule has 2 N–H and O–H groups in total. The quantitative estimate of drug-likeness (QED) is 0.869. The lowest BCUT2D eigenvalue weighted by Crippen LogP contribution is -2.39. The van der Waals surface area contributed by atoms with Gasteiger partial charge in [-0.15, -0.1) is 0 Å². The fourth-order valence-electron chi connectivity index (χ4n) is 1.43. The van der Waals surface area contributed by atoms with Crippen LogP contribution in [0.4, 0.5) is 9.18 Å². The smallest absolute Gasteiger partial charge is 0.317 e. The Labute approximate surface area is 114 Å². The molecule has 1 aromatic carbocycles. The number of nitrogens with zero attached hydrogens (tertiary/aromatic N) is 1. The number of aliphatic hydroxyl groups excluding tert-OH is 1. The van der Waals surface area contributed by atoms with Crippen molar-refractivity contribution in [3.8, 4) is 0 Å². The number of carbonyl (C=O) groups excluding carboxylic acids is 1. The third kappa shape index (κ3) is 4.62. The average molecular weight is 319 g/mol. The van der Waals surface area contributed by atoms with E-state index in [4.69, 9.17) is 5.11 Å². The number of nitrogens with one attached hydrogen (secondary N) is 1. The van der Waals surface area contributed by atoms with Crippen LogP contribution in [0, 0.1) is 5.82 Å². The van der Waals surface area contributed by atoms with Crippen molar-refractivity contribution in [1.29, 1.82) is 0 Å². The monoisotopic (exact) mass is 318 g/mol. The van der Waals surface area contributed by atoms with Crippen molar-refractivity contribution in [1.82, 2.24) is 10.2 Å². The highest BCUT2D eigenvalue weighted by Gasteiger charge is 2.07. The zero-order chi connectivity index (χ0) is 13.5. The molecule has 0 radical (unpaired) electrons. The summed E-state index contributed by atoms with van der Waals surface area (Å²) in [5.74, 6) is -0.281. The fraction of sp³-hybridized carbons (Fsp3) is 0.417. The molecule has 1 rings (SSSR count). The van der Waals surface area contributed by atoms with E-state index in [-0.39, 0.29) is 25.0 Å². The van der Waals surface area contributed by atoms with Gasteiger partial charge in [-0.25, -0.2) is 9.18 Å². The Balaban J connectivity index is 2.42. The van der Waals surface area contributed by atoms with E-state index in [1.165, 1.54) is 11.0 Å². The normalized spacial score (nSPS) is 10.2. The van der Waals surface area contributed by atoms with E-state index in [1.54, 1.807) is 19.2 Å². The molecule has 0 saturated carbocycles. The van der Waals surface area contributed by atoms with Crippen molar-refractivity contribution in [3.05, 3.63) is 34.1 Å². The molecule has 6 heteroatoms. The largest absolute Gasteiger partial charge is 0.395 e. The first-order chi connectivity index (χ1) is 8.54. The highest BCUT2D eigenvalue weighted by Crippen LogP contribution is 2.15. The van der Waals surface area contributed by atoms with Gasteiger partial charge in [-0.05, 0) is 30.2 Å². The van der Waals surface area contributed by atoms with Crippen LogP contribution < -0.4 is 5.32 Å². The number of benzene rings is 1. The Kier molecular flexibility index (Phi) is 6.07. The summed E-state index contributed by atoms with van der Waals surface area (Å²) in [5.41, 5.74) is 0.550. The molecular formula is C12H16BrFN2O2. The van der Waals surface area contributed by atoms with Crippen LogP contribution >= 0.6 is 15.9 Å². The third-order valence-corrected chi connectivity index (χ3v) is 2.95. The van der Waals surface area contributed by atoms with Crippen LogP contribution in [-0.2, 0) is 6.42 Å². The van der Waals surface area contributed by atoms with Crippen molar-refractivity contribution in [3.63, 3.8) is 0 Å². The van der Waals surface area contributed by atoms with Crippen molar-refractivity contribution >= 4 is 22.0 Å². The number of aliphatic hydroxyl groups is 1. The number of likely N-dealkylation sites (N-methyl/N-ethyl adjacent to an activating group) is 1. The fourth-order valence-corrected chi connectivity index (χ4v) is 1.83. The summed E-state index contributed by atoms with van der Waals surface area (Å²) in [6.07, 6.45) is 0.421. The first-order valence-corrected chi connectivity index (χ1v) is 6.37. The van der Waals surface area contributed by atoms with E-state index < -0.39 is 0 Å². The first kappa shape index (κ1) is 14.9. The molecular weight excluding hydrogens is 303 g/mol. The second-order valence-corrected chi connectivity index (χ2v) is 4.78. The summed E-state index contributed by atoms with van der Waals surface area (Å²) in [7, 11) is 1.59. The second kappa shape index (κ2) is 7.33. The van der Waals surface area contributed by atoms with Gasteiger partial charge in [0.05, 0.1) is 6.61 Å². The van der Waals surface area contributed by atoms with Crippen LogP contribution in [0.25, 0.3) is 0 Å². The van der Waals surface area contributed by atoms with Gasteiger partial charge < -0.3 is 15.3 Å². The van der Waals surface area contributed by atoms with E-state index in [0.29, 0.717) is 18.5 Å². The summed E-state index contributed by atoms with van der Waals surface area (Å²) in [4.78, 5) is 12.8. The molecule has 4 nitrogen and oxygen atoms in total. The molecule has 0 fully saturated rings. The molecule has 0 aliphatic heterocycles. The minimum atomic E-state index is -0.281.